The summed E-state index contributed by atoms with van der Waals surface area (Å²) < 4.78 is 3.76. The predicted octanol–water partition coefficient (Wildman–Crippen LogP) is 4.31. The Bertz CT molecular complexity index is 1280. The molecule has 0 atom stereocenters. The number of hydrogen-bond acceptors (Lipinski definition) is 5. The van der Waals surface area contributed by atoms with Crippen molar-refractivity contribution >= 4 is 16.4 Å². The smallest absolute Gasteiger partial charge is 0.0958 e. The van der Waals surface area contributed by atoms with Crippen molar-refractivity contribution in [3.05, 3.63) is 48.7 Å². The van der Waals surface area contributed by atoms with E-state index in [0.717, 1.165) is 58.9 Å². The zero-order chi connectivity index (χ0) is 21.6. The average molecular weight is 415 g/mol. The van der Waals surface area contributed by atoms with Gasteiger partial charge in [-0.05, 0) is 57.2 Å². The van der Waals surface area contributed by atoms with Crippen LogP contribution in [0.3, 0.4) is 0 Å². The number of nitriles is 1. The molecule has 0 aliphatic heterocycles. The molecule has 1 aliphatic carbocycles. The van der Waals surface area contributed by atoms with Gasteiger partial charge in [-0.3, -0.25) is 9.67 Å². The summed E-state index contributed by atoms with van der Waals surface area (Å²) in [6.45, 7) is 4.00. The van der Waals surface area contributed by atoms with Gasteiger partial charge in [0.1, 0.15) is 0 Å². The molecular weight excluding hydrogens is 388 g/mol. The molecule has 3 heterocycles. The van der Waals surface area contributed by atoms with Gasteiger partial charge in [-0.2, -0.15) is 15.5 Å². The minimum absolute atomic E-state index is 0.170. The van der Waals surface area contributed by atoms with E-state index in [1.807, 2.05) is 34.0 Å². The molecule has 7 heteroatoms. The Kier molecular flexibility index (Phi) is 4.75. The van der Waals surface area contributed by atoms with Gasteiger partial charge < -0.3 is 5.11 Å². The monoisotopic (exact) mass is 414 g/mol. The van der Waals surface area contributed by atoms with Crippen molar-refractivity contribution in [3.63, 3.8) is 0 Å². The van der Waals surface area contributed by atoms with Gasteiger partial charge in [0.2, 0.25) is 0 Å². The first kappa shape index (κ1) is 19.7. The summed E-state index contributed by atoms with van der Waals surface area (Å²) >= 11 is 0. The number of rotatable bonds is 4. The van der Waals surface area contributed by atoms with Crippen molar-refractivity contribution in [1.82, 2.24) is 24.4 Å². The van der Waals surface area contributed by atoms with Crippen LogP contribution in [0.2, 0.25) is 0 Å². The molecule has 158 valence electrons. The lowest BCUT2D eigenvalue weighted by molar-refractivity contribution is 0.0591. The highest BCUT2D eigenvalue weighted by atomic mass is 16.3. The number of aliphatic hydroxyl groups is 1. The van der Waals surface area contributed by atoms with Gasteiger partial charge in [-0.1, -0.05) is 6.07 Å². The van der Waals surface area contributed by atoms with Gasteiger partial charge in [-0.15, -0.1) is 0 Å². The fourth-order valence-electron chi connectivity index (χ4n) is 4.72. The van der Waals surface area contributed by atoms with Crippen molar-refractivity contribution in [2.24, 2.45) is 5.92 Å². The standard InChI is InChI=1S/C24H26N6O/c1-24(2,31)15-30-21-8-7-18(11-19(21)13-27-30)20-14-28-29-10-9-26-22(23(20)29)17-5-3-16(12-25)4-6-17/h7-11,13-14,16-17,31H,3-6,15H2,1-2H3/t16-,17+. The third kappa shape index (κ3) is 3.68. The van der Waals surface area contributed by atoms with Gasteiger partial charge >= 0.3 is 0 Å². The quantitative estimate of drug-likeness (QED) is 0.537. The van der Waals surface area contributed by atoms with E-state index in [2.05, 4.69) is 34.5 Å². The molecule has 1 saturated carbocycles. The van der Waals surface area contributed by atoms with Crippen LogP contribution in [0.4, 0.5) is 0 Å². The molecule has 1 aromatic carbocycles. The molecule has 0 amide bonds. The summed E-state index contributed by atoms with van der Waals surface area (Å²) in [5.41, 5.74) is 4.42. The van der Waals surface area contributed by atoms with Gasteiger partial charge in [0, 0.05) is 35.2 Å². The van der Waals surface area contributed by atoms with Crippen molar-refractivity contribution < 1.29 is 5.11 Å². The van der Waals surface area contributed by atoms with Crippen molar-refractivity contribution in [2.45, 2.75) is 57.6 Å². The zero-order valence-corrected chi connectivity index (χ0v) is 17.9. The number of nitrogens with zero attached hydrogens (tertiary/aromatic N) is 6. The Morgan fingerprint density at radius 3 is 2.71 bits per heavy atom. The average Bonchev–Trinajstić information content (AvgIpc) is 3.36. The van der Waals surface area contributed by atoms with Gasteiger partial charge in [0.15, 0.2) is 0 Å². The van der Waals surface area contributed by atoms with Crippen LogP contribution in [0.25, 0.3) is 27.5 Å². The topological polar surface area (TPSA) is 92.0 Å². The Labute approximate surface area is 180 Å². The lowest BCUT2D eigenvalue weighted by atomic mass is 9.80. The first-order valence-electron chi connectivity index (χ1n) is 10.8. The maximum absolute atomic E-state index is 10.2. The van der Waals surface area contributed by atoms with Crippen LogP contribution in [-0.2, 0) is 6.54 Å². The van der Waals surface area contributed by atoms with Gasteiger partial charge in [0.05, 0.1) is 47.3 Å². The van der Waals surface area contributed by atoms with E-state index in [1.165, 1.54) is 0 Å². The van der Waals surface area contributed by atoms with E-state index in [0.29, 0.717) is 12.5 Å². The number of hydrogen-bond donors (Lipinski definition) is 1. The Morgan fingerprint density at radius 2 is 1.97 bits per heavy atom. The largest absolute Gasteiger partial charge is 0.389 e. The first-order valence-corrected chi connectivity index (χ1v) is 10.8. The fourth-order valence-corrected chi connectivity index (χ4v) is 4.72. The van der Waals surface area contributed by atoms with Crippen LogP contribution in [0.15, 0.2) is 43.0 Å². The fraction of sp³-hybridized carbons (Fsp3) is 0.417. The van der Waals surface area contributed by atoms with Crippen LogP contribution >= 0.6 is 0 Å². The molecule has 4 aromatic rings. The molecule has 0 radical (unpaired) electrons. The zero-order valence-electron chi connectivity index (χ0n) is 17.9. The van der Waals surface area contributed by atoms with E-state index in [9.17, 15) is 10.4 Å². The lowest BCUT2D eigenvalue weighted by Gasteiger charge is -2.25. The summed E-state index contributed by atoms with van der Waals surface area (Å²) in [6, 6.07) is 8.69. The lowest BCUT2D eigenvalue weighted by Crippen LogP contribution is -2.26. The number of benzene rings is 1. The molecule has 0 saturated heterocycles. The third-order valence-electron chi connectivity index (χ3n) is 6.25. The van der Waals surface area contributed by atoms with Crippen molar-refractivity contribution in [3.8, 4) is 17.2 Å². The Morgan fingerprint density at radius 1 is 1.16 bits per heavy atom. The van der Waals surface area contributed by atoms with Crippen LogP contribution in [0, 0.1) is 17.2 Å². The second kappa shape index (κ2) is 7.47. The van der Waals surface area contributed by atoms with Crippen LogP contribution in [-0.4, -0.2) is 35.1 Å². The van der Waals surface area contributed by atoms with E-state index < -0.39 is 5.60 Å². The van der Waals surface area contributed by atoms with E-state index in [4.69, 9.17) is 4.98 Å². The highest BCUT2D eigenvalue weighted by molar-refractivity contribution is 5.89. The molecule has 3 aromatic heterocycles. The van der Waals surface area contributed by atoms with Crippen molar-refractivity contribution in [2.75, 3.05) is 0 Å². The van der Waals surface area contributed by atoms with Crippen LogP contribution in [0.1, 0.15) is 51.1 Å². The summed E-state index contributed by atoms with van der Waals surface area (Å²) in [7, 11) is 0. The van der Waals surface area contributed by atoms with E-state index >= 15 is 0 Å². The van der Waals surface area contributed by atoms with Crippen molar-refractivity contribution in [1.29, 1.82) is 5.26 Å². The second-order valence-electron chi connectivity index (χ2n) is 9.23. The van der Waals surface area contributed by atoms with E-state index in [-0.39, 0.29) is 5.92 Å². The molecule has 5 rings (SSSR count). The second-order valence-corrected chi connectivity index (χ2v) is 9.23. The summed E-state index contributed by atoms with van der Waals surface area (Å²) in [6.07, 6.45) is 11.3. The summed E-state index contributed by atoms with van der Waals surface area (Å²) in [5, 5.41) is 29.5. The minimum atomic E-state index is -0.828. The number of aromatic nitrogens is 5. The SMILES string of the molecule is CC(C)(O)Cn1ncc2cc(-c3cnn4ccnc([C@H]5CC[C@@H](C#N)CC5)c34)ccc21. The maximum atomic E-state index is 10.2. The highest BCUT2D eigenvalue weighted by Crippen LogP contribution is 2.39. The molecule has 31 heavy (non-hydrogen) atoms. The first-order chi connectivity index (χ1) is 14.9. The summed E-state index contributed by atoms with van der Waals surface area (Å²) in [4.78, 5) is 4.76. The molecule has 1 fully saturated rings. The highest BCUT2D eigenvalue weighted by Gasteiger charge is 2.26. The van der Waals surface area contributed by atoms with Crippen LogP contribution in [0.5, 0.6) is 0 Å². The van der Waals surface area contributed by atoms with Crippen LogP contribution < -0.4 is 0 Å². The molecule has 7 nitrogen and oxygen atoms in total. The Hall–Kier alpha value is -3.24. The Balaban J connectivity index is 1.55. The molecule has 0 unspecified atom stereocenters. The molecular formula is C24H26N6O. The van der Waals surface area contributed by atoms with Gasteiger partial charge in [-0.25, -0.2) is 4.52 Å². The molecule has 1 N–H and O–H groups in total. The molecule has 0 spiro atoms. The molecule has 0 bridgehead atoms. The van der Waals surface area contributed by atoms with Gasteiger partial charge in [0.25, 0.3) is 0 Å². The minimum Gasteiger partial charge on any atom is -0.389 e. The number of fused-ring (bicyclic) bond motifs is 2. The van der Waals surface area contributed by atoms with E-state index in [1.54, 1.807) is 13.8 Å². The normalized spacial score (nSPS) is 19.7. The third-order valence-corrected chi connectivity index (χ3v) is 6.25. The maximum Gasteiger partial charge on any atom is 0.0958 e. The summed E-state index contributed by atoms with van der Waals surface area (Å²) in [5.74, 6) is 0.519. The predicted molar refractivity (Wildman–Crippen MR) is 118 cm³/mol. The molecule has 1 aliphatic rings.